The lowest BCUT2D eigenvalue weighted by molar-refractivity contribution is 0.0694. The average molecular weight is 256 g/mol. The van der Waals surface area contributed by atoms with E-state index in [9.17, 15) is 4.79 Å². The van der Waals surface area contributed by atoms with Crippen molar-refractivity contribution in [3.63, 3.8) is 0 Å². The zero-order chi connectivity index (χ0) is 13.8. The van der Waals surface area contributed by atoms with Crippen LogP contribution in [-0.4, -0.2) is 11.1 Å². The summed E-state index contributed by atoms with van der Waals surface area (Å²) in [5.41, 5.74) is 2.20. The second kappa shape index (κ2) is 5.27. The molecule has 2 aromatic rings. The number of aromatic carboxylic acids is 1. The van der Waals surface area contributed by atoms with Gasteiger partial charge in [-0.1, -0.05) is 12.1 Å². The van der Waals surface area contributed by atoms with Gasteiger partial charge in [-0.25, -0.2) is 4.79 Å². The first kappa shape index (κ1) is 12.7. The van der Waals surface area contributed by atoms with Gasteiger partial charge in [-0.2, -0.15) is 5.26 Å². The van der Waals surface area contributed by atoms with Gasteiger partial charge in [-0.3, -0.25) is 0 Å². The number of furan rings is 1. The van der Waals surface area contributed by atoms with Gasteiger partial charge in [-0.15, -0.1) is 0 Å². The summed E-state index contributed by atoms with van der Waals surface area (Å²) in [5, 5.41) is 21.1. The highest BCUT2D eigenvalue weighted by molar-refractivity contribution is 5.88. The second-order valence-electron chi connectivity index (χ2n) is 4.03. The minimum atomic E-state index is -1.03. The standard InChI is InChI=1S/C14H12N2O3/c1-9-3-2-4-12(11(9)7-15)16-8-13-10(14(17)18)5-6-19-13/h2-6,16H,8H2,1H3,(H,17,18). The Balaban J connectivity index is 2.20. The van der Waals surface area contributed by atoms with Gasteiger partial charge in [0.2, 0.25) is 0 Å². The molecule has 0 radical (unpaired) electrons. The van der Waals surface area contributed by atoms with Crippen LogP contribution in [0.25, 0.3) is 0 Å². The SMILES string of the molecule is Cc1cccc(NCc2occc2C(=O)O)c1C#N. The number of aryl methyl sites for hydroxylation is 1. The van der Waals surface area contributed by atoms with E-state index in [4.69, 9.17) is 14.8 Å². The Labute approximate surface area is 110 Å². The van der Waals surface area contributed by atoms with Gasteiger partial charge in [0.15, 0.2) is 0 Å². The van der Waals surface area contributed by atoms with Crippen LogP contribution < -0.4 is 5.32 Å². The molecule has 0 amide bonds. The van der Waals surface area contributed by atoms with Crippen LogP contribution >= 0.6 is 0 Å². The maximum absolute atomic E-state index is 10.9. The van der Waals surface area contributed by atoms with Crippen molar-refractivity contribution in [1.29, 1.82) is 5.26 Å². The predicted molar refractivity (Wildman–Crippen MR) is 68.9 cm³/mol. The van der Waals surface area contributed by atoms with Crippen LogP contribution in [-0.2, 0) is 6.54 Å². The van der Waals surface area contributed by atoms with Gasteiger partial charge in [0.1, 0.15) is 17.4 Å². The molecule has 0 aliphatic rings. The summed E-state index contributed by atoms with van der Waals surface area (Å²) in [7, 11) is 0. The number of nitrogens with zero attached hydrogens (tertiary/aromatic N) is 1. The highest BCUT2D eigenvalue weighted by atomic mass is 16.4. The number of anilines is 1. The lowest BCUT2D eigenvalue weighted by Crippen LogP contribution is -2.06. The predicted octanol–water partition coefficient (Wildman–Crippen LogP) is 2.77. The van der Waals surface area contributed by atoms with Gasteiger partial charge in [0.25, 0.3) is 0 Å². The number of rotatable bonds is 4. The highest BCUT2D eigenvalue weighted by Gasteiger charge is 2.13. The van der Waals surface area contributed by atoms with Crippen LogP contribution in [0.2, 0.25) is 0 Å². The van der Waals surface area contributed by atoms with E-state index in [2.05, 4.69) is 11.4 Å². The number of nitrogens with one attached hydrogen (secondary N) is 1. The van der Waals surface area contributed by atoms with Crippen LogP contribution in [0.15, 0.2) is 34.9 Å². The number of carbonyl (C=O) groups is 1. The molecule has 0 spiro atoms. The summed E-state index contributed by atoms with van der Waals surface area (Å²) >= 11 is 0. The number of carboxylic acids is 1. The quantitative estimate of drug-likeness (QED) is 0.878. The van der Waals surface area contributed by atoms with Gasteiger partial charge in [-0.05, 0) is 24.6 Å². The molecule has 0 unspecified atom stereocenters. The second-order valence-corrected chi connectivity index (χ2v) is 4.03. The van der Waals surface area contributed by atoms with E-state index < -0.39 is 5.97 Å². The number of hydrogen-bond donors (Lipinski definition) is 2. The Bertz CT molecular complexity index is 653. The van der Waals surface area contributed by atoms with Crippen molar-refractivity contribution in [3.8, 4) is 6.07 Å². The lowest BCUT2D eigenvalue weighted by Gasteiger charge is -2.08. The maximum Gasteiger partial charge on any atom is 0.339 e. The fourth-order valence-corrected chi connectivity index (χ4v) is 1.81. The Hall–Kier alpha value is -2.74. The summed E-state index contributed by atoms with van der Waals surface area (Å²) in [6.07, 6.45) is 1.34. The molecular formula is C14H12N2O3. The Morgan fingerprint density at radius 2 is 2.26 bits per heavy atom. The first-order valence-corrected chi connectivity index (χ1v) is 5.66. The third-order valence-corrected chi connectivity index (χ3v) is 2.80. The Morgan fingerprint density at radius 3 is 2.95 bits per heavy atom. The van der Waals surface area contributed by atoms with Gasteiger partial charge >= 0.3 is 5.97 Å². The molecule has 5 heteroatoms. The Kier molecular flexibility index (Phi) is 3.53. The van der Waals surface area contributed by atoms with Crippen LogP contribution in [0.4, 0.5) is 5.69 Å². The molecule has 0 saturated heterocycles. The van der Waals surface area contributed by atoms with E-state index in [-0.39, 0.29) is 12.1 Å². The van der Waals surface area contributed by atoms with E-state index in [1.165, 1.54) is 12.3 Å². The molecule has 2 N–H and O–H groups in total. The van der Waals surface area contributed by atoms with E-state index in [0.29, 0.717) is 17.0 Å². The molecule has 1 aromatic carbocycles. The molecule has 1 aromatic heterocycles. The summed E-state index contributed by atoms with van der Waals surface area (Å²) in [6, 6.07) is 8.98. The zero-order valence-corrected chi connectivity index (χ0v) is 10.3. The molecule has 1 heterocycles. The fourth-order valence-electron chi connectivity index (χ4n) is 1.81. The van der Waals surface area contributed by atoms with Gasteiger partial charge in [0.05, 0.1) is 24.1 Å². The monoisotopic (exact) mass is 256 g/mol. The van der Waals surface area contributed by atoms with Crippen molar-refractivity contribution >= 4 is 11.7 Å². The van der Waals surface area contributed by atoms with Crippen molar-refractivity contribution in [2.24, 2.45) is 0 Å². The number of benzene rings is 1. The molecule has 0 aliphatic carbocycles. The third-order valence-electron chi connectivity index (χ3n) is 2.80. The van der Waals surface area contributed by atoms with Crippen molar-refractivity contribution in [1.82, 2.24) is 0 Å². The molecule has 19 heavy (non-hydrogen) atoms. The van der Waals surface area contributed by atoms with Crippen molar-refractivity contribution in [2.45, 2.75) is 13.5 Å². The lowest BCUT2D eigenvalue weighted by atomic mass is 10.1. The molecule has 0 saturated carbocycles. The summed E-state index contributed by atoms with van der Waals surface area (Å²) in [5.74, 6) is -0.701. The molecule has 0 fully saturated rings. The van der Waals surface area contributed by atoms with E-state index >= 15 is 0 Å². The molecule has 96 valence electrons. The van der Waals surface area contributed by atoms with E-state index in [1.807, 2.05) is 19.1 Å². The Morgan fingerprint density at radius 1 is 1.47 bits per heavy atom. The number of hydrogen-bond acceptors (Lipinski definition) is 4. The molecule has 0 aliphatic heterocycles. The van der Waals surface area contributed by atoms with Crippen molar-refractivity contribution in [3.05, 3.63) is 53.0 Å². The van der Waals surface area contributed by atoms with Gasteiger partial charge < -0.3 is 14.8 Å². The molecule has 0 atom stereocenters. The largest absolute Gasteiger partial charge is 0.478 e. The fraction of sp³-hybridized carbons (Fsp3) is 0.143. The summed E-state index contributed by atoms with van der Waals surface area (Å²) < 4.78 is 5.13. The average Bonchev–Trinajstić information content (AvgIpc) is 2.84. The smallest absolute Gasteiger partial charge is 0.339 e. The summed E-state index contributed by atoms with van der Waals surface area (Å²) in [6.45, 7) is 2.06. The first-order chi connectivity index (χ1) is 9.13. The van der Waals surface area contributed by atoms with Crippen LogP contribution in [0.5, 0.6) is 0 Å². The topological polar surface area (TPSA) is 86.3 Å². The zero-order valence-electron chi connectivity index (χ0n) is 10.3. The van der Waals surface area contributed by atoms with Crippen LogP contribution in [0, 0.1) is 18.3 Å². The minimum Gasteiger partial charge on any atom is -0.478 e. The molecule has 2 rings (SSSR count). The van der Waals surface area contributed by atoms with Crippen molar-refractivity contribution < 1.29 is 14.3 Å². The molecule has 0 bridgehead atoms. The molecule has 5 nitrogen and oxygen atoms in total. The number of carboxylic acid groups (broad SMARTS) is 1. The minimum absolute atomic E-state index is 0.124. The summed E-state index contributed by atoms with van der Waals surface area (Å²) in [4.78, 5) is 10.9. The van der Waals surface area contributed by atoms with Gasteiger partial charge in [0, 0.05) is 0 Å². The first-order valence-electron chi connectivity index (χ1n) is 5.66. The normalized spacial score (nSPS) is 9.89. The molecular weight excluding hydrogens is 244 g/mol. The van der Waals surface area contributed by atoms with E-state index in [1.54, 1.807) is 6.07 Å². The van der Waals surface area contributed by atoms with E-state index in [0.717, 1.165) is 5.56 Å². The third kappa shape index (κ3) is 2.58. The number of nitriles is 1. The van der Waals surface area contributed by atoms with Crippen molar-refractivity contribution in [2.75, 3.05) is 5.32 Å². The maximum atomic E-state index is 10.9. The van der Waals surface area contributed by atoms with Crippen LogP contribution in [0.3, 0.4) is 0 Å². The highest BCUT2D eigenvalue weighted by Crippen LogP contribution is 2.20. The van der Waals surface area contributed by atoms with Crippen LogP contribution in [0.1, 0.15) is 27.2 Å².